The van der Waals surface area contributed by atoms with Crippen LogP contribution < -0.4 is 9.13 Å². The summed E-state index contributed by atoms with van der Waals surface area (Å²) in [5.41, 5.74) is 9.29. The molecule has 166 valence electrons. The van der Waals surface area contributed by atoms with E-state index < -0.39 is 0 Å². The summed E-state index contributed by atoms with van der Waals surface area (Å²) in [6.07, 6.45) is 13.0. The molecule has 32 heavy (non-hydrogen) atoms. The molecule has 0 radical (unpaired) electrons. The molecule has 0 bridgehead atoms. The van der Waals surface area contributed by atoms with Crippen LogP contribution in [-0.4, -0.2) is 9.13 Å². The van der Waals surface area contributed by atoms with Gasteiger partial charge in [0.15, 0.2) is 0 Å². The van der Waals surface area contributed by atoms with Crippen molar-refractivity contribution in [1.82, 2.24) is 9.13 Å². The van der Waals surface area contributed by atoms with Crippen molar-refractivity contribution in [3.63, 3.8) is 0 Å². The number of aromatic nitrogens is 4. The molecular formula is C28H36N4+2. The second-order valence-electron chi connectivity index (χ2n) is 9.65. The van der Waals surface area contributed by atoms with Crippen LogP contribution in [0, 0.1) is 20.8 Å². The molecule has 0 spiro atoms. The van der Waals surface area contributed by atoms with Gasteiger partial charge in [0.05, 0.1) is 0 Å². The first-order chi connectivity index (χ1) is 15.2. The van der Waals surface area contributed by atoms with Crippen molar-refractivity contribution >= 4 is 0 Å². The zero-order chi connectivity index (χ0) is 23.0. The zero-order valence-electron chi connectivity index (χ0n) is 20.5. The van der Waals surface area contributed by atoms with Gasteiger partial charge in [-0.25, -0.2) is 9.13 Å². The van der Waals surface area contributed by atoms with E-state index in [1.54, 1.807) is 0 Å². The molecule has 0 N–H and O–H groups in total. The Bertz CT molecular complexity index is 1190. The lowest BCUT2D eigenvalue weighted by Crippen LogP contribution is -2.49. The summed E-state index contributed by atoms with van der Waals surface area (Å²) in [6.45, 7) is 16.4. The number of nitrogens with zero attached hydrogens (tertiary/aromatic N) is 4. The van der Waals surface area contributed by atoms with Crippen LogP contribution in [-0.2, 0) is 6.67 Å². The Morgan fingerprint density at radius 1 is 0.719 bits per heavy atom. The number of rotatable bonds is 6. The topological polar surface area (TPSA) is 17.6 Å². The number of imidazole rings is 2. The van der Waals surface area contributed by atoms with Crippen LogP contribution in [0.15, 0.2) is 67.8 Å². The van der Waals surface area contributed by atoms with Gasteiger partial charge in [-0.3, -0.25) is 0 Å². The lowest BCUT2D eigenvalue weighted by atomic mass is 9.92. The Labute approximate surface area is 192 Å². The summed E-state index contributed by atoms with van der Waals surface area (Å²) in [7, 11) is 0. The molecule has 4 aromatic rings. The van der Waals surface area contributed by atoms with E-state index in [1.165, 1.54) is 39.2 Å². The molecular weight excluding hydrogens is 392 g/mol. The van der Waals surface area contributed by atoms with Gasteiger partial charge >= 0.3 is 0 Å². The van der Waals surface area contributed by atoms with Crippen molar-refractivity contribution in [2.24, 2.45) is 0 Å². The molecule has 0 aliphatic heterocycles. The van der Waals surface area contributed by atoms with Crippen molar-refractivity contribution in [1.29, 1.82) is 0 Å². The van der Waals surface area contributed by atoms with E-state index in [4.69, 9.17) is 0 Å². The normalized spacial score (nSPS) is 11.7. The fraction of sp³-hybridized carbons (Fsp3) is 0.357. The highest BCUT2D eigenvalue weighted by Crippen LogP contribution is 2.30. The molecule has 4 heteroatoms. The standard InChI is InChI=1S/C28H36N4/c1-20(2)25-9-8-10-26(21(3)4)28(25)32-14-12-30(19-32)17-29-11-13-31(18-29)27-23(6)15-22(5)16-24(27)7/h8-16,18-21H,17H2,1-7H3/q+2. The summed E-state index contributed by atoms with van der Waals surface area (Å²) in [6, 6.07) is 11.2. The molecule has 0 amide bonds. The second-order valence-corrected chi connectivity index (χ2v) is 9.65. The van der Waals surface area contributed by atoms with E-state index in [0.29, 0.717) is 11.8 Å². The van der Waals surface area contributed by atoms with Gasteiger partial charge in [-0.1, -0.05) is 63.6 Å². The van der Waals surface area contributed by atoms with Crippen molar-refractivity contribution in [2.75, 3.05) is 0 Å². The first-order valence-electron chi connectivity index (χ1n) is 11.6. The fourth-order valence-corrected chi connectivity index (χ4v) is 4.80. The molecule has 4 rings (SSSR count). The zero-order valence-corrected chi connectivity index (χ0v) is 20.5. The molecule has 4 nitrogen and oxygen atoms in total. The van der Waals surface area contributed by atoms with Gasteiger partial charge in [-0.2, -0.15) is 9.13 Å². The largest absolute Gasteiger partial charge is 0.252 e. The summed E-state index contributed by atoms with van der Waals surface area (Å²) >= 11 is 0. The van der Waals surface area contributed by atoms with Gasteiger partial charge in [-0.15, -0.1) is 0 Å². The predicted molar refractivity (Wildman–Crippen MR) is 130 cm³/mol. The van der Waals surface area contributed by atoms with Gasteiger partial charge in [0.1, 0.15) is 36.2 Å². The third-order valence-corrected chi connectivity index (χ3v) is 6.20. The van der Waals surface area contributed by atoms with E-state index >= 15 is 0 Å². The average Bonchev–Trinajstić information content (AvgIpc) is 3.36. The van der Waals surface area contributed by atoms with Crippen LogP contribution in [0.4, 0.5) is 0 Å². The minimum absolute atomic E-state index is 0.476. The van der Waals surface area contributed by atoms with E-state index in [2.05, 4.69) is 135 Å². The molecule has 0 saturated carbocycles. The highest BCUT2D eigenvalue weighted by atomic mass is 15.2. The predicted octanol–water partition coefficient (Wildman–Crippen LogP) is 5.52. The monoisotopic (exact) mass is 428 g/mol. The SMILES string of the molecule is Cc1cc(C)c(-n2cc[n+](C[n+]3ccn(-c4c(C(C)C)cccc4C(C)C)c3)c2)c(C)c1. The quantitative estimate of drug-likeness (QED) is 0.360. The highest BCUT2D eigenvalue weighted by molar-refractivity contribution is 5.51. The minimum atomic E-state index is 0.476. The first-order valence-corrected chi connectivity index (χ1v) is 11.6. The first kappa shape index (κ1) is 22.1. The summed E-state index contributed by atoms with van der Waals surface area (Å²) < 4.78 is 8.98. The average molecular weight is 429 g/mol. The lowest BCUT2D eigenvalue weighted by molar-refractivity contribution is -0.912. The summed E-state index contributed by atoms with van der Waals surface area (Å²) in [5, 5.41) is 0. The van der Waals surface area contributed by atoms with Crippen LogP contribution in [0.25, 0.3) is 11.4 Å². The number of para-hydroxylation sites is 1. The molecule has 0 atom stereocenters. The van der Waals surface area contributed by atoms with Gasteiger partial charge in [0, 0.05) is 11.1 Å². The molecule has 0 aliphatic carbocycles. The van der Waals surface area contributed by atoms with Gasteiger partial charge in [0.2, 0.25) is 6.67 Å². The smallest absolute Gasteiger partial charge is 0.202 e. The Balaban J connectivity index is 1.64. The maximum atomic E-state index is 2.29. The maximum absolute atomic E-state index is 2.29. The number of hydrogen-bond acceptors (Lipinski definition) is 0. The molecule has 2 aromatic heterocycles. The summed E-state index contributed by atoms with van der Waals surface area (Å²) in [4.78, 5) is 0. The van der Waals surface area contributed by atoms with Crippen LogP contribution in [0.2, 0.25) is 0 Å². The lowest BCUT2D eigenvalue weighted by Gasteiger charge is -2.16. The Hall–Kier alpha value is -3.14. The molecule has 0 unspecified atom stereocenters. The Kier molecular flexibility index (Phi) is 6.05. The van der Waals surface area contributed by atoms with Crippen LogP contribution in [0.1, 0.15) is 67.3 Å². The van der Waals surface area contributed by atoms with E-state index in [1.807, 2.05) is 0 Å². The van der Waals surface area contributed by atoms with Gasteiger partial charge in [-0.05, 0) is 43.7 Å². The molecule has 2 heterocycles. The highest BCUT2D eigenvalue weighted by Gasteiger charge is 2.21. The van der Waals surface area contributed by atoms with E-state index in [-0.39, 0.29) is 0 Å². The third-order valence-electron chi connectivity index (χ3n) is 6.20. The molecule has 0 saturated heterocycles. The fourth-order valence-electron chi connectivity index (χ4n) is 4.80. The Morgan fingerprint density at radius 3 is 1.66 bits per heavy atom. The minimum Gasteiger partial charge on any atom is -0.202 e. The van der Waals surface area contributed by atoms with Crippen LogP contribution >= 0.6 is 0 Å². The Morgan fingerprint density at radius 2 is 1.19 bits per heavy atom. The molecule has 0 fully saturated rings. The molecule has 2 aromatic carbocycles. The van der Waals surface area contributed by atoms with Crippen molar-refractivity contribution in [3.8, 4) is 11.4 Å². The summed E-state index contributed by atoms with van der Waals surface area (Å²) in [5.74, 6) is 0.952. The van der Waals surface area contributed by atoms with Crippen molar-refractivity contribution in [2.45, 2.75) is 67.0 Å². The van der Waals surface area contributed by atoms with E-state index in [0.717, 1.165) is 6.67 Å². The van der Waals surface area contributed by atoms with Gasteiger partial charge < -0.3 is 0 Å². The second kappa shape index (κ2) is 8.78. The number of benzene rings is 2. The van der Waals surface area contributed by atoms with Crippen LogP contribution in [0.5, 0.6) is 0 Å². The number of hydrogen-bond donors (Lipinski definition) is 0. The van der Waals surface area contributed by atoms with Crippen molar-refractivity contribution < 1.29 is 9.13 Å². The van der Waals surface area contributed by atoms with E-state index in [9.17, 15) is 0 Å². The molecule has 0 aliphatic rings. The van der Waals surface area contributed by atoms with Crippen LogP contribution in [0.3, 0.4) is 0 Å². The third kappa shape index (κ3) is 4.27. The van der Waals surface area contributed by atoms with Gasteiger partial charge in [0.25, 0.3) is 12.7 Å². The number of aryl methyl sites for hydroxylation is 3. The maximum Gasteiger partial charge on any atom is 0.252 e. The van der Waals surface area contributed by atoms with Crippen molar-refractivity contribution in [3.05, 3.63) is 95.6 Å².